The molecule has 0 saturated heterocycles. The van der Waals surface area contributed by atoms with Gasteiger partial charge >= 0.3 is 0 Å². The van der Waals surface area contributed by atoms with E-state index < -0.39 is 0 Å². The van der Waals surface area contributed by atoms with Crippen LogP contribution in [0.2, 0.25) is 0 Å². The molecule has 0 aromatic carbocycles. The molecular weight excluding hydrogens is 186 g/mol. The summed E-state index contributed by atoms with van der Waals surface area (Å²) in [5.74, 6) is 4.39. The highest BCUT2D eigenvalue weighted by molar-refractivity contribution is 5.16. The van der Waals surface area contributed by atoms with Crippen molar-refractivity contribution in [3.05, 3.63) is 0 Å². The van der Waals surface area contributed by atoms with E-state index in [1.807, 2.05) is 0 Å². The highest BCUT2D eigenvalue weighted by Gasteiger charge is 2.64. The summed E-state index contributed by atoms with van der Waals surface area (Å²) in [5.41, 5.74) is 0. The summed E-state index contributed by atoms with van der Waals surface area (Å²) in [5, 5.41) is 3.76. The highest BCUT2D eigenvalue weighted by Crippen LogP contribution is 2.65. The molecule has 3 aliphatic carbocycles. The Morgan fingerprint density at radius 1 is 1.13 bits per heavy atom. The normalized spacial score (nSPS) is 45.8. The second kappa shape index (κ2) is 4.06. The lowest BCUT2D eigenvalue weighted by molar-refractivity contribution is 0.192. The topological polar surface area (TPSA) is 21.3 Å². The third-order valence-electron chi connectivity index (χ3n) is 4.89. The Bertz CT molecular complexity index is 215. The molecule has 0 spiro atoms. The van der Waals surface area contributed by atoms with E-state index in [9.17, 15) is 0 Å². The molecule has 0 aliphatic heterocycles. The van der Waals surface area contributed by atoms with Gasteiger partial charge in [0.2, 0.25) is 0 Å². The number of fused-ring (bicyclic) bond motifs is 5. The minimum Gasteiger partial charge on any atom is -0.385 e. The first-order valence-electron chi connectivity index (χ1n) is 6.64. The molecule has 0 aromatic rings. The first-order chi connectivity index (χ1) is 7.42. The van der Waals surface area contributed by atoms with Crippen LogP contribution in [0, 0.1) is 23.7 Å². The zero-order valence-corrected chi connectivity index (χ0v) is 9.74. The van der Waals surface area contributed by atoms with Crippen molar-refractivity contribution in [1.29, 1.82) is 0 Å². The summed E-state index contributed by atoms with van der Waals surface area (Å²) >= 11 is 0. The molecule has 4 atom stereocenters. The van der Waals surface area contributed by atoms with Gasteiger partial charge < -0.3 is 10.1 Å². The van der Waals surface area contributed by atoms with Gasteiger partial charge in [0, 0.05) is 19.8 Å². The molecule has 2 bridgehead atoms. The van der Waals surface area contributed by atoms with Crippen LogP contribution in [0.4, 0.5) is 0 Å². The van der Waals surface area contributed by atoms with Crippen LogP contribution in [0.15, 0.2) is 0 Å². The lowest BCUT2D eigenvalue weighted by atomic mass is 10.0. The first-order valence-corrected chi connectivity index (χ1v) is 6.64. The van der Waals surface area contributed by atoms with Gasteiger partial charge in [0.05, 0.1) is 0 Å². The molecule has 3 fully saturated rings. The van der Waals surface area contributed by atoms with Crippen LogP contribution < -0.4 is 5.32 Å². The van der Waals surface area contributed by atoms with Gasteiger partial charge in [-0.2, -0.15) is 0 Å². The third kappa shape index (κ3) is 1.72. The van der Waals surface area contributed by atoms with Crippen LogP contribution in [0.5, 0.6) is 0 Å². The predicted molar refractivity (Wildman–Crippen MR) is 60.7 cm³/mol. The number of rotatable bonds is 6. The number of methoxy groups -OCH3 is 1. The van der Waals surface area contributed by atoms with Crippen LogP contribution in [0.25, 0.3) is 0 Å². The van der Waals surface area contributed by atoms with Crippen LogP contribution in [-0.4, -0.2) is 26.3 Å². The van der Waals surface area contributed by atoms with E-state index in [0.717, 1.165) is 36.3 Å². The molecule has 2 nitrogen and oxygen atoms in total. The number of ether oxygens (including phenoxy) is 1. The molecule has 2 heteroatoms. The third-order valence-corrected chi connectivity index (χ3v) is 4.89. The lowest BCUT2D eigenvalue weighted by Gasteiger charge is -2.10. The van der Waals surface area contributed by atoms with Crippen molar-refractivity contribution in [3.63, 3.8) is 0 Å². The zero-order chi connectivity index (χ0) is 10.3. The quantitative estimate of drug-likeness (QED) is 0.676. The molecule has 0 aromatic heterocycles. The Morgan fingerprint density at radius 2 is 1.87 bits per heavy atom. The zero-order valence-electron chi connectivity index (χ0n) is 9.74. The van der Waals surface area contributed by atoms with E-state index in [0.29, 0.717) is 0 Å². The Hall–Kier alpha value is -0.0800. The van der Waals surface area contributed by atoms with Gasteiger partial charge in [0.1, 0.15) is 0 Å². The second-order valence-corrected chi connectivity index (χ2v) is 5.67. The van der Waals surface area contributed by atoms with Crippen molar-refractivity contribution in [1.82, 2.24) is 5.32 Å². The number of nitrogens with one attached hydrogen (secondary N) is 1. The summed E-state index contributed by atoms with van der Waals surface area (Å²) in [6.07, 6.45) is 7.12. The van der Waals surface area contributed by atoms with Crippen molar-refractivity contribution in [3.8, 4) is 0 Å². The SMILES string of the molecule is COCCCCNC1C2C3CCC(C3)C12. The molecule has 15 heavy (non-hydrogen) atoms. The van der Waals surface area contributed by atoms with Gasteiger partial charge in [-0.05, 0) is 62.3 Å². The van der Waals surface area contributed by atoms with Crippen molar-refractivity contribution < 1.29 is 4.74 Å². The monoisotopic (exact) mass is 209 g/mol. The second-order valence-electron chi connectivity index (χ2n) is 5.67. The standard InChI is InChI=1S/C13H23NO/c1-15-7-3-2-6-14-13-11-9-4-5-10(8-9)12(11)13/h9-14H,2-8H2,1H3. The molecule has 4 unspecified atom stereocenters. The predicted octanol–water partition coefficient (Wildman–Crippen LogP) is 2.05. The van der Waals surface area contributed by atoms with E-state index in [2.05, 4.69) is 5.32 Å². The molecule has 3 saturated carbocycles. The van der Waals surface area contributed by atoms with Crippen LogP contribution in [0.3, 0.4) is 0 Å². The largest absolute Gasteiger partial charge is 0.385 e. The molecule has 3 rings (SSSR count). The number of hydrogen-bond acceptors (Lipinski definition) is 2. The van der Waals surface area contributed by atoms with E-state index in [4.69, 9.17) is 4.74 Å². The Labute approximate surface area is 92.8 Å². The highest BCUT2D eigenvalue weighted by atomic mass is 16.5. The molecule has 1 N–H and O–H groups in total. The molecule has 0 heterocycles. The minimum absolute atomic E-state index is 0.916. The summed E-state index contributed by atoms with van der Waals surface area (Å²) in [6.45, 7) is 2.13. The minimum atomic E-state index is 0.916. The van der Waals surface area contributed by atoms with Crippen LogP contribution >= 0.6 is 0 Å². The van der Waals surface area contributed by atoms with Crippen LogP contribution in [-0.2, 0) is 4.74 Å². The molecule has 0 amide bonds. The Kier molecular flexibility index (Phi) is 2.73. The Balaban J connectivity index is 1.34. The summed E-state index contributed by atoms with van der Waals surface area (Å²) < 4.78 is 5.06. The fraction of sp³-hybridized carbons (Fsp3) is 1.00. The van der Waals surface area contributed by atoms with Gasteiger partial charge in [-0.3, -0.25) is 0 Å². The van der Waals surface area contributed by atoms with E-state index in [-0.39, 0.29) is 0 Å². The summed E-state index contributed by atoms with van der Waals surface area (Å²) in [6, 6.07) is 0.916. The molecule has 86 valence electrons. The maximum absolute atomic E-state index is 5.06. The lowest BCUT2D eigenvalue weighted by Crippen LogP contribution is -2.24. The summed E-state index contributed by atoms with van der Waals surface area (Å²) in [4.78, 5) is 0. The van der Waals surface area contributed by atoms with Crippen molar-refractivity contribution in [2.45, 2.75) is 38.1 Å². The average Bonchev–Trinajstić information content (AvgIpc) is 2.67. The van der Waals surface area contributed by atoms with Crippen LogP contribution in [0.1, 0.15) is 32.1 Å². The van der Waals surface area contributed by atoms with Gasteiger partial charge in [0.25, 0.3) is 0 Å². The van der Waals surface area contributed by atoms with E-state index >= 15 is 0 Å². The smallest absolute Gasteiger partial charge is 0.0462 e. The molecular formula is C13H23NO. The maximum Gasteiger partial charge on any atom is 0.0462 e. The summed E-state index contributed by atoms with van der Waals surface area (Å²) in [7, 11) is 1.79. The molecule has 3 aliphatic rings. The van der Waals surface area contributed by atoms with Crippen molar-refractivity contribution in [2.75, 3.05) is 20.3 Å². The number of unbranched alkanes of at least 4 members (excludes halogenated alkanes) is 1. The Morgan fingerprint density at radius 3 is 2.53 bits per heavy atom. The van der Waals surface area contributed by atoms with E-state index in [1.165, 1.54) is 32.2 Å². The average molecular weight is 209 g/mol. The van der Waals surface area contributed by atoms with Gasteiger partial charge in [-0.1, -0.05) is 0 Å². The van der Waals surface area contributed by atoms with Gasteiger partial charge in [-0.25, -0.2) is 0 Å². The fourth-order valence-electron chi connectivity index (χ4n) is 4.24. The maximum atomic E-state index is 5.06. The van der Waals surface area contributed by atoms with Gasteiger partial charge in [-0.15, -0.1) is 0 Å². The molecule has 0 radical (unpaired) electrons. The first kappa shape index (κ1) is 10.1. The number of hydrogen-bond donors (Lipinski definition) is 1. The van der Waals surface area contributed by atoms with E-state index in [1.54, 1.807) is 13.5 Å². The van der Waals surface area contributed by atoms with Gasteiger partial charge in [0.15, 0.2) is 0 Å². The fourth-order valence-corrected chi connectivity index (χ4v) is 4.24. The van der Waals surface area contributed by atoms with Crippen molar-refractivity contribution >= 4 is 0 Å². The van der Waals surface area contributed by atoms with Crippen molar-refractivity contribution in [2.24, 2.45) is 23.7 Å².